The Balaban J connectivity index is 10.9. The van der Waals surface area contributed by atoms with E-state index < -0.39 is 129 Å². The van der Waals surface area contributed by atoms with E-state index in [0.717, 1.165) is 77.0 Å². The van der Waals surface area contributed by atoms with Crippen molar-refractivity contribution in [1.82, 2.24) is 0 Å². The van der Waals surface area contributed by atoms with E-state index in [1.165, 1.54) is 41.5 Å². The van der Waals surface area contributed by atoms with Crippen LogP contribution in [0.2, 0.25) is 0 Å². The van der Waals surface area contributed by atoms with Crippen molar-refractivity contribution in [2.45, 2.75) is 397 Å². The summed E-state index contributed by atoms with van der Waals surface area (Å²) in [7, 11) is -37.0. The van der Waals surface area contributed by atoms with Crippen LogP contribution in [0.25, 0.3) is 0 Å². The van der Waals surface area contributed by atoms with Crippen LogP contribution in [0, 0.1) is 0 Å². The van der Waals surface area contributed by atoms with E-state index in [0.29, 0.717) is 77.0 Å². The van der Waals surface area contributed by atoms with Gasteiger partial charge in [-0.3, -0.25) is 0 Å². The molecule has 0 aliphatic heterocycles. The van der Waals surface area contributed by atoms with Crippen molar-refractivity contribution >= 4 is 59.0 Å². The van der Waals surface area contributed by atoms with Crippen LogP contribution in [-0.4, -0.2) is 100 Å². The van der Waals surface area contributed by atoms with Gasteiger partial charge < -0.3 is 5.11 Å². The Bertz CT molecular complexity index is 2200. The number of aliphatic hydroxyl groups is 1. The predicted molar refractivity (Wildman–Crippen MR) is 350 cm³/mol. The van der Waals surface area contributed by atoms with E-state index in [1.54, 1.807) is 0 Å². The zero-order chi connectivity index (χ0) is 62.7. The third-order valence-electron chi connectivity index (χ3n) is 18.2. The summed E-state index contributed by atoms with van der Waals surface area (Å²) in [5.41, 5.74) is 0. The highest BCUT2D eigenvalue weighted by Crippen LogP contribution is 2.58. The fraction of sp³-hybridized carbons (Fsp3) is 1.00. The van der Waals surface area contributed by atoms with Crippen molar-refractivity contribution in [3.8, 4) is 0 Å². The SMILES string of the molecule is CCCCCCCC(CC)S(=O)(=O)C(C(C(O)(S(=O)(=O)C(CC)CCCCCCC)S(=O)(=O)C(CC)CCCCCCC)(S(=O)(=O)C(CC)CCCCCCC)S(=O)(=O)C(CC)CCCCCCC)S(=O)(=O)C(CC)CCCCCCC. The first-order chi connectivity index (χ1) is 38.7. The van der Waals surface area contributed by atoms with Crippen LogP contribution < -0.4 is 0 Å². The molecule has 0 aliphatic rings. The lowest BCUT2D eigenvalue weighted by molar-refractivity contribution is 0.177. The molecule has 0 aromatic heterocycles. The quantitative estimate of drug-likeness (QED) is 0.0560. The first kappa shape index (κ1) is 81.7. The Morgan fingerprint density at radius 2 is 0.415 bits per heavy atom. The van der Waals surface area contributed by atoms with Gasteiger partial charge >= 0.3 is 4.27 Å². The van der Waals surface area contributed by atoms with Crippen LogP contribution in [0.5, 0.6) is 0 Å². The molecule has 0 saturated heterocycles. The van der Waals surface area contributed by atoms with Crippen LogP contribution in [0.3, 0.4) is 0 Å². The van der Waals surface area contributed by atoms with Gasteiger partial charge in [-0.15, -0.1) is 0 Å². The lowest BCUT2D eigenvalue weighted by atomic mass is 10.1. The van der Waals surface area contributed by atoms with Crippen LogP contribution in [0.1, 0.15) is 353 Å². The molecule has 0 aromatic carbocycles. The Hall–Kier alpha value is -0.340. The summed E-state index contributed by atoms with van der Waals surface area (Å²) in [6, 6.07) is 0. The molecular weight excluding hydrogens is 1160 g/mol. The number of unbranched alkanes of at least 4 members (excludes halogenated alkanes) is 24. The molecule has 0 amide bonds. The topological polar surface area (TPSA) is 225 Å². The summed E-state index contributed by atoms with van der Waals surface area (Å²) in [5, 5.41) is 3.66. The number of rotatable bonds is 56. The molecule has 0 bridgehead atoms. The van der Waals surface area contributed by atoms with E-state index in [2.05, 4.69) is 0 Å². The average Bonchev–Trinajstić information content (AvgIpc) is 0.734. The minimum absolute atomic E-state index is 0.139. The van der Waals surface area contributed by atoms with Gasteiger partial charge in [0.15, 0.2) is 39.3 Å². The molecule has 0 spiro atoms. The standard InChI is InChI=1S/C63H128O13S6/c1-13-25-31-37-43-49-55(19-7)77(65,66)61(78(67,68)56(20-8)50-44-38-32-26-14-2)62(79(69,70)57(21-9)51-45-39-33-27-15-3,80(71,72)58(22-10)52-46-40-34-28-16-4)63(64,81(73,74)59(23-11)53-47-41-35-29-17-5)82(75,76)60(24-12)54-48-42-36-30-18-6/h55-61,64H,13-54H2,1-12H3. The fourth-order valence-electron chi connectivity index (χ4n) is 12.8. The van der Waals surface area contributed by atoms with Gasteiger partial charge in [0.2, 0.25) is 24.3 Å². The maximum absolute atomic E-state index is 17.6. The van der Waals surface area contributed by atoms with Crippen LogP contribution in [-0.2, 0) is 59.0 Å². The molecular formula is C63H128O13S6. The second-order valence-corrected chi connectivity index (χ2v) is 39.3. The Morgan fingerprint density at radius 3 is 0.598 bits per heavy atom. The van der Waals surface area contributed by atoms with Gasteiger partial charge in [-0.1, -0.05) is 276 Å². The third-order valence-corrected chi connectivity index (χ3v) is 39.3. The van der Waals surface area contributed by atoms with Crippen molar-refractivity contribution in [1.29, 1.82) is 0 Å². The highest BCUT2D eigenvalue weighted by molar-refractivity contribution is 8.21. The fourth-order valence-corrected chi connectivity index (χ4v) is 37.4. The van der Waals surface area contributed by atoms with Crippen LogP contribution in [0.4, 0.5) is 0 Å². The molecule has 82 heavy (non-hydrogen) atoms. The number of sulfone groups is 6. The molecule has 0 radical (unpaired) electrons. The van der Waals surface area contributed by atoms with Gasteiger partial charge in [0.05, 0.1) is 31.5 Å². The maximum Gasteiger partial charge on any atom is 0.305 e. The molecule has 0 saturated carbocycles. The summed E-state index contributed by atoms with van der Waals surface area (Å²) < 4.78 is 193. The summed E-state index contributed by atoms with van der Waals surface area (Å²) in [4.78, 5) is 0. The van der Waals surface area contributed by atoms with E-state index in [9.17, 15) is 5.11 Å². The zero-order valence-electron chi connectivity index (χ0n) is 54.5. The normalized spacial score (nSPS) is 17.4. The molecule has 13 nitrogen and oxygen atoms in total. The van der Waals surface area contributed by atoms with Crippen molar-refractivity contribution < 1.29 is 55.6 Å². The molecule has 0 aromatic rings. The van der Waals surface area contributed by atoms with Gasteiger partial charge in [0.1, 0.15) is 0 Å². The maximum atomic E-state index is 17.6. The molecule has 1 N–H and O–H groups in total. The molecule has 19 heteroatoms. The van der Waals surface area contributed by atoms with Crippen LogP contribution >= 0.6 is 0 Å². The predicted octanol–water partition coefficient (Wildman–Crippen LogP) is 17.0. The Labute approximate surface area is 508 Å². The average molecular weight is 1290 g/mol. The highest BCUT2D eigenvalue weighted by Gasteiger charge is 2.87. The lowest BCUT2D eigenvalue weighted by Gasteiger charge is -2.51. The van der Waals surface area contributed by atoms with E-state index >= 15 is 50.5 Å². The molecule has 494 valence electrons. The molecule has 6 atom stereocenters. The zero-order valence-corrected chi connectivity index (χ0v) is 59.4. The van der Waals surface area contributed by atoms with Gasteiger partial charge in [0.25, 0.3) is 4.08 Å². The van der Waals surface area contributed by atoms with Crippen LogP contribution in [0.15, 0.2) is 0 Å². The van der Waals surface area contributed by atoms with Crippen molar-refractivity contribution in [2.75, 3.05) is 0 Å². The lowest BCUT2D eigenvalue weighted by Crippen LogP contribution is -2.81. The smallest absolute Gasteiger partial charge is 0.305 e. The first-order valence-electron chi connectivity index (χ1n) is 33.8. The highest BCUT2D eigenvalue weighted by atomic mass is 32.3. The first-order valence-corrected chi connectivity index (χ1v) is 43.3. The summed E-state index contributed by atoms with van der Waals surface area (Å²) in [6.07, 6.45) is 13.8. The minimum Gasteiger partial charge on any atom is -0.361 e. The van der Waals surface area contributed by atoms with E-state index in [4.69, 9.17) is 0 Å². The van der Waals surface area contributed by atoms with Gasteiger partial charge in [-0.05, 0) is 77.0 Å². The summed E-state index contributed by atoms with van der Waals surface area (Å²) in [6.45, 7) is 20.9. The van der Waals surface area contributed by atoms with Crippen molar-refractivity contribution in [3.63, 3.8) is 0 Å². The van der Waals surface area contributed by atoms with Crippen molar-refractivity contribution in [2.24, 2.45) is 0 Å². The summed E-state index contributed by atoms with van der Waals surface area (Å²) >= 11 is 0. The molecule has 0 rings (SSSR count). The second-order valence-electron chi connectivity index (χ2n) is 24.3. The molecule has 0 heterocycles. The second kappa shape index (κ2) is 41.8. The van der Waals surface area contributed by atoms with Crippen molar-refractivity contribution in [3.05, 3.63) is 0 Å². The largest absolute Gasteiger partial charge is 0.361 e. The van der Waals surface area contributed by atoms with Gasteiger partial charge in [-0.25, -0.2) is 50.5 Å². The number of hydrogen-bond donors (Lipinski definition) is 1. The Morgan fingerprint density at radius 1 is 0.244 bits per heavy atom. The van der Waals surface area contributed by atoms with Gasteiger partial charge in [0, 0.05) is 0 Å². The Kier molecular flexibility index (Phi) is 41.6. The molecule has 6 unspecified atom stereocenters. The minimum atomic E-state index is -6.36. The molecule has 0 fully saturated rings. The number of hydrogen-bond acceptors (Lipinski definition) is 13. The molecule has 0 aliphatic carbocycles. The van der Waals surface area contributed by atoms with Gasteiger partial charge in [-0.2, -0.15) is 0 Å². The third kappa shape index (κ3) is 21.1. The summed E-state index contributed by atoms with van der Waals surface area (Å²) in [5.74, 6) is 0. The monoisotopic (exact) mass is 1280 g/mol. The van der Waals surface area contributed by atoms with E-state index in [-0.39, 0.29) is 89.9 Å². The van der Waals surface area contributed by atoms with E-state index in [1.807, 2.05) is 41.5 Å².